The van der Waals surface area contributed by atoms with Gasteiger partial charge in [0, 0.05) is 0 Å². The average Bonchev–Trinajstić information content (AvgIpc) is 1.27. The van der Waals surface area contributed by atoms with Crippen LogP contribution in [-0.4, -0.2) is 17.6 Å². The number of hydrogen-bond acceptors (Lipinski definition) is 4. The molecule has 0 aliphatic rings. The minimum absolute atomic E-state index is 1.42. The van der Waals surface area contributed by atoms with E-state index in [4.69, 9.17) is 24.8 Å². The van der Waals surface area contributed by atoms with E-state index in [0.717, 1.165) is 0 Å². The molecule has 0 atom stereocenters. The van der Waals surface area contributed by atoms with Crippen molar-refractivity contribution in [3.05, 3.63) is 0 Å². The monoisotopic (exact) mass is 178 g/mol. The zero-order valence-corrected chi connectivity index (χ0v) is 5.71. The van der Waals surface area contributed by atoms with E-state index in [1.54, 1.807) is 0 Å². The van der Waals surface area contributed by atoms with Crippen LogP contribution in [0, 0.1) is 0 Å². The molecule has 48 valence electrons. The van der Waals surface area contributed by atoms with Crippen LogP contribution >= 0.6 is 0 Å². The van der Waals surface area contributed by atoms with Gasteiger partial charge in [-0.2, -0.15) is 0 Å². The summed E-state index contributed by atoms with van der Waals surface area (Å²) in [4.78, 5) is 0. The van der Waals surface area contributed by atoms with Crippen molar-refractivity contribution in [2.45, 2.75) is 0 Å². The molecule has 0 rings (SSSR count). The second kappa shape index (κ2) is 5.01. The molecular weight excluding hydrogens is 176 g/mol. The van der Waals surface area contributed by atoms with Crippen LogP contribution < -0.4 is 0 Å². The summed E-state index contributed by atoms with van der Waals surface area (Å²) in [5.74, 6) is 0. The second-order valence-electron chi connectivity index (χ2n) is 0.531. The third-order valence-electron chi connectivity index (χ3n) is 0. The van der Waals surface area contributed by atoms with E-state index in [0.29, 0.717) is 0 Å². The molecule has 0 fully saturated rings. The molecule has 0 aliphatic carbocycles. The Morgan fingerprint density at radius 1 is 1.12 bits per heavy atom. The van der Waals surface area contributed by atoms with Gasteiger partial charge in [0.1, 0.15) is 0 Å². The first-order chi connectivity index (χ1) is 3.41. The molecule has 0 heterocycles. The zero-order valence-electron chi connectivity index (χ0n) is 3.44. The van der Waals surface area contributed by atoms with Crippen molar-refractivity contribution in [2.24, 2.45) is 0 Å². The molecule has 0 aromatic heterocycles. The van der Waals surface area contributed by atoms with Gasteiger partial charge in [0.2, 0.25) is 0 Å². The predicted octanol–water partition coefficient (Wildman–Crippen LogP) is -1.97. The Kier molecular flexibility index (Phi) is 6.76. The summed E-state index contributed by atoms with van der Waals surface area (Å²) >= 11 is -5.25. The van der Waals surface area contributed by atoms with Gasteiger partial charge in [-0.25, -0.2) is 0 Å². The van der Waals surface area contributed by atoms with Gasteiger partial charge in [-0.15, -0.1) is 0 Å². The first kappa shape index (κ1) is 10.8. The summed E-state index contributed by atoms with van der Waals surface area (Å²) < 4.78 is 48.7. The first-order valence-electron chi connectivity index (χ1n) is 1.11. The van der Waals surface area contributed by atoms with Crippen LogP contribution in [0.2, 0.25) is 0 Å². The molecule has 0 bridgehead atoms. The van der Waals surface area contributed by atoms with Crippen LogP contribution in [0.3, 0.4) is 0 Å². The van der Waals surface area contributed by atoms with Crippen LogP contribution in [0.4, 0.5) is 0 Å². The van der Waals surface area contributed by atoms with Gasteiger partial charge in [0.05, 0.1) is 0 Å². The Hall–Kier alpha value is -0.131. The van der Waals surface area contributed by atoms with Crippen molar-refractivity contribution >= 4 is 9.29 Å². The van der Waals surface area contributed by atoms with Crippen molar-refractivity contribution in [2.75, 3.05) is 0 Å². The third kappa shape index (κ3) is 8150. The molecule has 6 nitrogen and oxygen atoms in total. The average molecular weight is 178 g/mol. The van der Waals surface area contributed by atoms with Gasteiger partial charge in [-0.05, 0) is 0 Å². The van der Waals surface area contributed by atoms with E-state index < -0.39 is 22.9 Å². The fourth-order valence-electron chi connectivity index (χ4n) is 0. The molecule has 8 heavy (non-hydrogen) atoms. The van der Waals surface area contributed by atoms with Crippen LogP contribution in [0.5, 0.6) is 0 Å². The molecular formula is H2CrO6Si. The van der Waals surface area contributed by atoms with Crippen molar-refractivity contribution in [1.82, 2.24) is 0 Å². The minimum atomic E-state index is -5.25. The summed E-state index contributed by atoms with van der Waals surface area (Å²) in [6.45, 7) is 0. The maximum absolute atomic E-state index is 8.82. The first-order valence-corrected chi connectivity index (χ1v) is 4.10. The zero-order chi connectivity index (χ0) is 7.21. The predicted molar refractivity (Wildman–Crippen MR) is 12.9 cm³/mol. The molecule has 0 aliphatic heterocycles. The fraction of sp³-hybridized carbons (Fsp3) is 0. The van der Waals surface area contributed by atoms with Gasteiger partial charge < -0.3 is 0 Å². The fourth-order valence-corrected chi connectivity index (χ4v) is 0. The summed E-state index contributed by atoms with van der Waals surface area (Å²) in [6, 6.07) is 0. The molecule has 0 aromatic carbocycles. The van der Waals surface area contributed by atoms with Gasteiger partial charge in [0.15, 0.2) is 0 Å². The number of hydrogen-bond donors (Lipinski definition) is 2. The molecule has 0 amide bonds. The van der Waals surface area contributed by atoms with Crippen molar-refractivity contribution in [3.63, 3.8) is 0 Å². The Morgan fingerprint density at radius 3 is 1.12 bits per heavy atom. The molecule has 0 saturated carbocycles. The van der Waals surface area contributed by atoms with E-state index in [-0.39, 0.29) is 0 Å². The van der Waals surface area contributed by atoms with E-state index in [1.807, 2.05) is 0 Å². The Labute approximate surface area is 48.5 Å². The SMILES string of the molecule is O=[Si]=O.[O]=[Cr](=[O])([OH])[OH]. The van der Waals surface area contributed by atoms with Crippen LogP contribution in [0.25, 0.3) is 0 Å². The molecule has 0 aromatic rings. The maximum atomic E-state index is 8.82. The summed E-state index contributed by atoms with van der Waals surface area (Å²) in [6.07, 6.45) is 0. The quantitative estimate of drug-likeness (QED) is 0.416. The van der Waals surface area contributed by atoms with Crippen LogP contribution in [0.1, 0.15) is 0 Å². The van der Waals surface area contributed by atoms with E-state index in [2.05, 4.69) is 0 Å². The van der Waals surface area contributed by atoms with E-state index >= 15 is 0 Å². The topological polar surface area (TPSA) is 109 Å². The van der Waals surface area contributed by atoms with Crippen molar-refractivity contribution < 1.29 is 38.5 Å². The van der Waals surface area contributed by atoms with E-state index in [1.165, 1.54) is 0 Å². The summed E-state index contributed by atoms with van der Waals surface area (Å²) in [5.41, 5.74) is 0. The molecule has 8 heteroatoms. The Balaban J connectivity index is 0. The number of rotatable bonds is 0. The van der Waals surface area contributed by atoms with Gasteiger partial charge in [0.25, 0.3) is 0 Å². The van der Waals surface area contributed by atoms with Crippen LogP contribution in [-0.2, 0) is 30.1 Å². The van der Waals surface area contributed by atoms with E-state index in [9.17, 15) is 0 Å². The standard InChI is InChI=1S/Cr.O2Si.2H2O.2O/c;1-3-2;;;;/h;;2*1H2;;/q+2;;;;;/p-2. The van der Waals surface area contributed by atoms with Crippen molar-refractivity contribution in [1.29, 1.82) is 0 Å². The summed E-state index contributed by atoms with van der Waals surface area (Å²) in [7, 11) is -1.42. The second-order valence-corrected chi connectivity index (χ2v) is 2.10. The van der Waals surface area contributed by atoms with Crippen molar-refractivity contribution in [3.8, 4) is 0 Å². The molecule has 0 spiro atoms. The van der Waals surface area contributed by atoms with Crippen LogP contribution in [0.15, 0.2) is 0 Å². The van der Waals surface area contributed by atoms with Gasteiger partial charge >= 0.3 is 38.8 Å². The normalized spacial score (nSPS) is 8.25. The Bertz CT molecular complexity index is 149. The molecule has 0 radical (unpaired) electrons. The third-order valence-corrected chi connectivity index (χ3v) is 0. The Morgan fingerprint density at radius 2 is 1.12 bits per heavy atom. The molecule has 0 unspecified atom stereocenters. The molecule has 2 N–H and O–H groups in total. The van der Waals surface area contributed by atoms with Gasteiger partial charge in [-0.1, -0.05) is 0 Å². The van der Waals surface area contributed by atoms with Gasteiger partial charge in [-0.3, -0.25) is 8.92 Å². The summed E-state index contributed by atoms with van der Waals surface area (Å²) in [5, 5.41) is 0. The molecule has 0 saturated heterocycles.